The first kappa shape index (κ1) is 11.5. The number of aryl methyl sites for hydroxylation is 1. The van der Waals surface area contributed by atoms with Gasteiger partial charge < -0.3 is 15.0 Å². The molecule has 5 nitrogen and oxygen atoms in total. The Morgan fingerprint density at radius 2 is 2.19 bits per heavy atom. The number of hydrogen-bond acceptors (Lipinski definition) is 4. The molecule has 2 unspecified atom stereocenters. The summed E-state index contributed by atoms with van der Waals surface area (Å²) in [7, 11) is 1.97. The predicted octanol–water partition coefficient (Wildman–Crippen LogP) is 0.373. The minimum absolute atomic E-state index is 0.0341. The highest BCUT2D eigenvalue weighted by Gasteiger charge is 2.46. The van der Waals surface area contributed by atoms with Crippen LogP contribution in [0.2, 0.25) is 0 Å². The van der Waals surface area contributed by atoms with Crippen molar-refractivity contribution in [3.63, 3.8) is 0 Å². The molecule has 0 aliphatic heterocycles. The topological polar surface area (TPSA) is 63.0 Å². The van der Waals surface area contributed by atoms with Gasteiger partial charge in [0.2, 0.25) is 0 Å². The van der Waals surface area contributed by atoms with Crippen LogP contribution in [-0.4, -0.2) is 32.0 Å². The van der Waals surface area contributed by atoms with Crippen LogP contribution in [0.4, 0.5) is 0 Å². The third kappa shape index (κ3) is 1.74. The molecule has 1 aliphatic carbocycles. The van der Waals surface area contributed by atoms with E-state index in [0.29, 0.717) is 12.6 Å². The summed E-state index contributed by atoms with van der Waals surface area (Å²) in [6, 6.07) is 0.361. The molecule has 0 spiro atoms. The Labute approximate surface area is 95.9 Å². The van der Waals surface area contributed by atoms with Crippen molar-refractivity contribution in [2.75, 3.05) is 0 Å². The van der Waals surface area contributed by atoms with Crippen molar-refractivity contribution in [3.05, 3.63) is 11.6 Å². The zero-order valence-electron chi connectivity index (χ0n) is 10.4. The van der Waals surface area contributed by atoms with E-state index in [1.165, 1.54) is 0 Å². The molecule has 0 amide bonds. The Morgan fingerprint density at radius 3 is 2.62 bits per heavy atom. The van der Waals surface area contributed by atoms with Crippen LogP contribution in [0.3, 0.4) is 0 Å². The average Bonchev–Trinajstić information content (AvgIpc) is 2.55. The second kappa shape index (κ2) is 3.82. The first-order valence-corrected chi connectivity index (χ1v) is 5.69. The number of aliphatic hydroxyl groups excluding tert-OH is 1. The maximum absolute atomic E-state index is 9.63. The Bertz CT molecular complexity index is 385. The van der Waals surface area contributed by atoms with E-state index >= 15 is 0 Å². The van der Waals surface area contributed by atoms with Crippen molar-refractivity contribution in [3.8, 4) is 0 Å². The summed E-state index contributed by atoms with van der Waals surface area (Å²) in [5.74, 6) is 1.86. The van der Waals surface area contributed by atoms with E-state index in [0.717, 1.165) is 18.1 Å². The summed E-state index contributed by atoms with van der Waals surface area (Å²) in [6.07, 6.45) is 0.635. The average molecular weight is 224 g/mol. The summed E-state index contributed by atoms with van der Waals surface area (Å²) in [4.78, 5) is 0. The van der Waals surface area contributed by atoms with Crippen molar-refractivity contribution in [1.82, 2.24) is 20.1 Å². The largest absolute Gasteiger partial charge is 0.392 e. The Kier molecular flexibility index (Phi) is 2.75. The van der Waals surface area contributed by atoms with Gasteiger partial charge in [-0.05, 0) is 13.3 Å². The second-order valence-electron chi connectivity index (χ2n) is 5.23. The number of nitrogens with zero attached hydrogens (tertiary/aromatic N) is 3. The van der Waals surface area contributed by atoms with Gasteiger partial charge in [0, 0.05) is 18.5 Å². The van der Waals surface area contributed by atoms with E-state index in [4.69, 9.17) is 0 Å². The zero-order chi connectivity index (χ0) is 11.9. The molecule has 2 N–H and O–H groups in total. The van der Waals surface area contributed by atoms with Crippen LogP contribution in [0.15, 0.2) is 0 Å². The van der Waals surface area contributed by atoms with Crippen LogP contribution in [0.5, 0.6) is 0 Å². The first-order chi connectivity index (χ1) is 7.43. The highest BCUT2D eigenvalue weighted by atomic mass is 16.3. The van der Waals surface area contributed by atoms with E-state index < -0.39 is 0 Å². The number of rotatable bonds is 3. The van der Waals surface area contributed by atoms with E-state index in [1.54, 1.807) is 0 Å². The minimum Gasteiger partial charge on any atom is -0.392 e. The van der Waals surface area contributed by atoms with Crippen molar-refractivity contribution in [2.45, 2.75) is 45.9 Å². The van der Waals surface area contributed by atoms with Crippen molar-refractivity contribution in [2.24, 2.45) is 12.5 Å². The normalized spacial score (nSPS) is 27.8. The molecule has 0 aromatic carbocycles. The molecule has 1 aromatic heterocycles. The van der Waals surface area contributed by atoms with Crippen LogP contribution in [0, 0.1) is 12.3 Å². The molecule has 0 bridgehead atoms. The lowest BCUT2D eigenvalue weighted by Crippen LogP contribution is -2.59. The molecule has 16 heavy (non-hydrogen) atoms. The van der Waals surface area contributed by atoms with Gasteiger partial charge in [-0.3, -0.25) is 0 Å². The van der Waals surface area contributed by atoms with Gasteiger partial charge >= 0.3 is 0 Å². The fourth-order valence-electron chi connectivity index (χ4n) is 2.07. The monoisotopic (exact) mass is 224 g/mol. The van der Waals surface area contributed by atoms with Crippen LogP contribution >= 0.6 is 0 Å². The number of aromatic nitrogens is 3. The van der Waals surface area contributed by atoms with E-state index in [9.17, 15) is 5.11 Å². The maximum atomic E-state index is 9.63. The molecule has 1 heterocycles. The highest BCUT2D eigenvalue weighted by Crippen LogP contribution is 2.40. The molecule has 90 valence electrons. The van der Waals surface area contributed by atoms with E-state index in [-0.39, 0.29) is 11.5 Å². The highest BCUT2D eigenvalue weighted by molar-refractivity contribution is 5.03. The van der Waals surface area contributed by atoms with Gasteiger partial charge in [-0.25, -0.2) is 0 Å². The predicted molar refractivity (Wildman–Crippen MR) is 60.8 cm³/mol. The van der Waals surface area contributed by atoms with Crippen LogP contribution in [-0.2, 0) is 13.6 Å². The Balaban J connectivity index is 1.92. The SMILES string of the molecule is Cc1nnc(CNC2CC(O)C2(C)C)n1C. The molecule has 1 aliphatic rings. The quantitative estimate of drug-likeness (QED) is 0.779. The molecule has 0 saturated heterocycles. The minimum atomic E-state index is -0.189. The lowest BCUT2D eigenvalue weighted by Gasteiger charge is -2.49. The number of nitrogens with one attached hydrogen (secondary N) is 1. The van der Waals surface area contributed by atoms with Gasteiger partial charge in [-0.2, -0.15) is 0 Å². The smallest absolute Gasteiger partial charge is 0.146 e. The molecular weight excluding hydrogens is 204 g/mol. The zero-order valence-corrected chi connectivity index (χ0v) is 10.4. The van der Waals surface area contributed by atoms with Gasteiger partial charge in [0.05, 0.1) is 12.6 Å². The van der Waals surface area contributed by atoms with Crippen LogP contribution in [0.25, 0.3) is 0 Å². The molecule has 1 aromatic rings. The second-order valence-corrected chi connectivity index (χ2v) is 5.23. The lowest BCUT2D eigenvalue weighted by molar-refractivity contribution is -0.0732. The number of aliphatic hydroxyl groups is 1. The molecule has 2 atom stereocenters. The summed E-state index contributed by atoms with van der Waals surface area (Å²) in [5.41, 5.74) is -0.0341. The molecule has 0 radical (unpaired) electrons. The molecular formula is C11H20N4O. The number of hydrogen-bond donors (Lipinski definition) is 2. The summed E-state index contributed by atoms with van der Waals surface area (Å²) >= 11 is 0. The molecule has 2 rings (SSSR count). The fourth-order valence-corrected chi connectivity index (χ4v) is 2.07. The van der Waals surface area contributed by atoms with Gasteiger partial charge in [0.15, 0.2) is 0 Å². The molecule has 1 saturated carbocycles. The maximum Gasteiger partial charge on any atom is 0.146 e. The van der Waals surface area contributed by atoms with Gasteiger partial charge in [-0.15, -0.1) is 10.2 Å². The van der Waals surface area contributed by atoms with Crippen LogP contribution in [0.1, 0.15) is 31.9 Å². The van der Waals surface area contributed by atoms with E-state index in [2.05, 4.69) is 29.4 Å². The van der Waals surface area contributed by atoms with Crippen molar-refractivity contribution >= 4 is 0 Å². The van der Waals surface area contributed by atoms with Crippen LogP contribution < -0.4 is 5.32 Å². The fraction of sp³-hybridized carbons (Fsp3) is 0.818. The van der Waals surface area contributed by atoms with Gasteiger partial charge in [0.1, 0.15) is 11.6 Å². The summed E-state index contributed by atoms with van der Waals surface area (Å²) in [6.45, 7) is 6.81. The Morgan fingerprint density at radius 1 is 1.50 bits per heavy atom. The lowest BCUT2D eigenvalue weighted by atomic mass is 9.64. The van der Waals surface area contributed by atoms with Gasteiger partial charge in [-0.1, -0.05) is 13.8 Å². The van der Waals surface area contributed by atoms with Gasteiger partial charge in [0.25, 0.3) is 0 Å². The van der Waals surface area contributed by atoms with E-state index in [1.807, 2.05) is 18.5 Å². The standard InChI is InChI=1S/C11H20N4O/c1-7-13-14-10(15(7)4)6-12-8-5-9(16)11(8,2)3/h8-9,12,16H,5-6H2,1-4H3. The Hall–Kier alpha value is -0.940. The first-order valence-electron chi connectivity index (χ1n) is 5.69. The molecule has 1 fully saturated rings. The van der Waals surface area contributed by atoms with Crippen molar-refractivity contribution < 1.29 is 5.11 Å². The summed E-state index contributed by atoms with van der Waals surface area (Å²) in [5, 5.41) is 21.2. The molecule has 5 heteroatoms. The third-order valence-corrected chi connectivity index (χ3v) is 3.91. The third-order valence-electron chi connectivity index (χ3n) is 3.91. The van der Waals surface area contributed by atoms with Crippen molar-refractivity contribution in [1.29, 1.82) is 0 Å². The summed E-state index contributed by atoms with van der Waals surface area (Å²) < 4.78 is 1.98.